The van der Waals surface area contributed by atoms with Gasteiger partial charge in [-0.05, 0) is 19.8 Å². The van der Waals surface area contributed by atoms with Crippen molar-refractivity contribution in [1.29, 1.82) is 5.26 Å². The summed E-state index contributed by atoms with van der Waals surface area (Å²) in [5, 5.41) is 21.6. The lowest BCUT2D eigenvalue weighted by Crippen LogP contribution is -2.50. The Morgan fingerprint density at radius 1 is 1.50 bits per heavy atom. The smallest absolute Gasteiger partial charge is 0.142 e. The molecule has 0 radical (unpaired) electrons. The van der Waals surface area contributed by atoms with Crippen LogP contribution in [0.2, 0.25) is 0 Å². The van der Waals surface area contributed by atoms with Gasteiger partial charge < -0.3 is 21.6 Å². The molecule has 0 spiro atoms. The van der Waals surface area contributed by atoms with E-state index in [-0.39, 0.29) is 29.6 Å². The number of nitrogens with two attached hydrogens (primary N) is 1. The fourth-order valence-corrected chi connectivity index (χ4v) is 1.84. The number of hydrazine groups is 2. The van der Waals surface area contributed by atoms with E-state index in [0.29, 0.717) is 12.4 Å². The van der Waals surface area contributed by atoms with Gasteiger partial charge in [0.2, 0.25) is 0 Å². The minimum absolute atomic E-state index is 0.00595. The van der Waals surface area contributed by atoms with Crippen LogP contribution in [0.4, 0.5) is 0 Å². The first-order valence-electron chi connectivity index (χ1n) is 7.19. The third-order valence-corrected chi connectivity index (χ3v) is 3.40. The highest BCUT2D eigenvalue weighted by atomic mass is 16.3. The van der Waals surface area contributed by atoms with E-state index in [9.17, 15) is 10.4 Å². The topological polar surface area (TPSA) is 143 Å². The highest BCUT2D eigenvalue weighted by Gasteiger charge is 2.41. The summed E-state index contributed by atoms with van der Waals surface area (Å²) in [6.45, 7) is 2.67. The molecule has 1 aliphatic carbocycles. The molecule has 9 heteroatoms. The maximum Gasteiger partial charge on any atom is 0.142 e. The summed E-state index contributed by atoms with van der Waals surface area (Å²) < 4.78 is 0. The molecule has 0 aromatic rings. The first kappa shape index (κ1) is 18.2. The van der Waals surface area contributed by atoms with Crippen LogP contribution >= 0.6 is 0 Å². The summed E-state index contributed by atoms with van der Waals surface area (Å²) >= 11 is 0. The van der Waals surface area contributed by atoms with E-state index < -0.39 is 0 Å². The second-order valence-corrected chi connectivity index (χ2v) is 5.34. The van der Waals surface area contributed by atoms with Gasteiger partial charge in [-0.15, -0.1) is 0 Å². The van der Waals surface area contributed by atoms with Crippen molar-refractivity contribution in [3.8, 4) is 6.07 Å². The number of rotatable bonds is 9. The summed E-state index contributed by atoms with van der Waals surface area (Å²) in [5.41, 5.74) is 17.4. The number of amidine groups is 1. The zero-order valence-electron chi connectivity index (χ0n) is 13.3. The van der Waals surface area contributed by atoms with Gasteiger partial charge in [0.15, 0.2) is 0 Å². The van der Waals surface area contributed by atoms with Crippen molar-refractivity contribution in [1.82, 2.24) is 27.0 Å². The van der Waals surface area contributed by atoms with Gasteiger partial charge in [-0.3, -0.25) is 10.4 Å². The molecule has 1 atom stereocenters. The molecule has 0 heterocycles. The molecule has 1 aliphatic rings. The second kappa shape index (κ2) is 8.55. The Morgan fingerprint density at radius 3 is 2.64 bits per heavy atom. The molecule has 1 rings (SSSR count). The molecule has 0 aliphatic heterocycles. The first-order chi connectivity index (χ1) is 10.5. The highest BCUT2D eigenvalue weighted by molar-refractivity contribution is 6.02. The minimum atomic E-state index is -0.166. The number of nitrogens with zero attached hydrogens (tertiary/aromatic N) is 2. The summed E-state index contributed by atoms with van der Waals surface area (Å²) in [6.07, 6.45) is 1.93. The van der Waals surface area contributed by atoms with Gasteiger partial charge in [-0.2, -0.15) is 5.26 Å². The summed E-state index contributed by atoms with van der Waals surface area (Å²) in [6, 6.07) is 2.04. The lowest BCUT2D eigenvalue weighted by atomic mass is 10.2. The van der Waals surface area contributed by atoms with Crippen molar-refractivity contribution in [2.24, 2.45) is 10.7 Å². The SMILES string of the molecule is C/N=C(NC(C)CNNC1(CO)CC1)\C(C#N)=C(\N)NNC. The molecule has 0 aromatic carbocycles. The average Bonchev–Trinajstić information content (AvgIpc) is 3.27. The molecule has 1 fully saturated rings. The Kier molecular flexibility index (Phi) is 7.07. The highest BCUT2D eigenvalue weighted by Crippen LogP contribution is 2.33. The van der Waals surface area contributed by atoms with E-state index in [1.54, 1.807) is 14.1 Å². The van der Waals surface area contributed by atoms with Crippen LogP contribution < -0.4 is 32.8 Å². The third kappa shape index (κ3) is 5.16. The van der Waals surface area contributed by atoms with Crippen molar-refractivity contribution < 1.29 is 5.11 Å². The van der Waals surface area contributed by atoms with Crippen molar-refractivity contribution >= 4 is 5.84 Å². The lowest BCUT2D eigenvalue weighted by molar-refractivity contribution is 0.215. The Hall–Kier alpha value is -1.86. The van der Waals surface area contributed by atoms with E-state index in [2.05, 4.69) is 32.0 Å². The zero-order chi connectivity index (χ0) is 16.6. The van der Waals surface area contributed by atoms with Gasteiger partial charge in [0.25, 0.3) is 0 Å². The van der Waals surface area contributed by atoms with E-state index in [1.807, 2.05) is 13.0 Å². The zero-order valence-corrected chi connectivity index (χ0v) is 13.3. The van der Waals surface area contributed by atoms with Gasteiger partial charge >= 0.3 is 0 Å². The quantitative estimate of drug-likeness (QED) is 0.112. The second-order valence-electron chi connectivity index (χ2n) is 5.34. The number of hydrogen-bond acceptors (Lipinski definition) is 8. The summed E-state index contributed by atoms with van der Waals surface area (Å²) in [7, 11) is 3.25. The molecular formula is C13H26N8O. The first-order valence-corrected chi connectivity index (χ1v) is 7.19. The molecule has 1 saturated carbocycles. The fourth-order valence-electron chi connectivity index (χ4n) is 1.84. The number of hydrogen-bond donors (Lipinski definition) is 7. The number of aliphatic imine (C=N–C) groups is 1. The van der Waals surface area contributed by atoms with Crippen LogP contribution in [0.3, 0.4) is 0 Å². The Bertz CT molecular complexity index is 463. The molecule has 0 bridgehead atoms. The van der Waals surface area contributed by atoms with E-state index in [4.69, 9.17) is 5.73 Å². The van der Waals surface area contributed by atoms with Crippen LogP contribution in [0, 0.1) is 11.3 Å². The molecule has 0 amide bonds. The van der Waals surface area contributed by atoms with Gasteiger partial charge in [0.1, 0.15) is 23.3 Å². The standard InChI is InChI=1S/C13H26N8O/c1-9(7-18-21-13(8-22)4-5-13)19-12(16-2)10(6-14)11(15)20-17-3/h9,17-18,20-22H,4-5,7-8,15H2,1-3H3,(H,16,19)/b11-10-. The number of aliphatic hydroxyl groups excluding tert-OH is 1. The number of nitrogens with one attached hydrogen (secondary N) is 5. The van der Waals surface area contributed by atoms with Gasteiger partial charge in [0.05, 0.1) is 12.1 Å². The Morgan fingerprint density at radius 2 is 2.18 bits per heavy atom. The molecular weight excluding hydrogens is 284 g/mol. The van der Waals surface area contributed by atoms with E-state index >= 15 is 0 Å². The molecule has 0 aromatic heterocycles. The Balaban J connectivity index is 2.51. The predicted octanol–water partition coefficient (Wildman–Crippen LogP) is -1.97. The predicted molar refractivity (Wildman–Crippen MR) is 85.2 cm³/mol. The Labute approximate surface area is 131 Å². The van der Waals surface area contributed by atoms with Crippen LogP contribution in [0.5, 0.6) is 0 Å². The van der Waals surface area contributed by atoms with Crippen LogP contribution in [-0.4, -0.2) is 49.8 Å². The number of nitriles is 1. The van der Waals surface area contributed by atoms with E-state index in [1.165, 1.54) is 0 Å². The maximum absolute atomic E-state index is 9.23. The third-order valence-electron chi connectivity index (χ3n) is 3.40. The molecule has 9 nitrogen and oxygen atoms in total. The molecule has 0 saturated heterocycles. The molecule has 124 valence electrons. The average molecular weight is 310 g/mol. The lowest BCUT2D eigenvalue weighted by Gasteiger charge is -2.21. The molecule has 22 heavy (non-hydrogen) atoms. The number of aliphatic hydroxyl groups is 1. The monoisotopic (exact) mass is 310 g/mol. The normalized spacial score (nSPS) is 19.0. The van der Waals surface area contributed by atoms with Crippen molar-refractivity contribution in [3.05, 3.63) is 11.4 Å². The van der Waals surface area contributed by atoms with Crippen molar-refractivity contribution in [2.75, 3.05) is 27.2 Å². The van der Waals surface area contributed by atoms with Gasteiger partial charge in [-0.1, -0.05) is 0 Å². The summed E-state index contributed by atoms with van der Waals surface area (Å²) in [4.78, 5) is 4.08. The molecule has 8 N–H and O–H groups in total. The van der Waals surface area contributed by atoms with Crippen LogP contribution in [0.15, 0.2) is 16.4 Å². The van der Waals surface area contributed by atoms with Gasteiger partial charge in [0, 0.05) is 26.7 Å². The van der Waals surface area contributed by atoms with Crippen molar-refractivity contribution in [3.63, 3.8) is 0 Å². The van der Waals surface area contributed by atoms with Gasteiger partial charge in [-0.25, -0.2) is 10.9 Å². The van der Waals surface area contributed by atoms with E-state index in [0.717, 1.165) is 12.8 Å². The maximum atomic E-state index is 9.23. The largest absolute Gasteiger partial charge is 0.394 e. The van der Waals surface area contributed by atoms with Crippen molar-refractivity contribution in [2.45, 2.75) is 31.3 Å². The van der Waals surface area contributed by atoms with Crippen LogP contribution in [0.1, 0.15) is 19.8 Å². The minimum Gasteiger partial charge on any atom is -0.394 e. The van der Waals surface area contributed by atoms with Crippen LogP contribution in [-0.2, 0) is 0 Å². The van der Waals surface area contributed by atoms with Crippen LogP contribution in [0.25, 0.3) is 0 Å². The molecule has 1 unspecified atom stereocenters. The fraction of sp³-hybridized carbons (Fsp3) is 0.692. The summed E-state index contributed by atoms with van der Waals surface area (Å²) in [5.74, 6) is 0.619.